The van der Waals surface area contributed by atoms with Crippen molar-refractivity contribution in [1.82, 2.24) is 46.1 Å². The van der Waals surface area contributed by atoms with Crippen LogP contribution < -0.4 is 30.7 Å². The molecule has 4 atom stereocenters. The van der Waals surface area contributed by atoms with Crippen LogP contribution in [0.5, 0.6) is 17.2 Å². The van der Waals surface area contributed by atoms with Crippen LogP contribution in [0, 0.1) is 34.6 Å². The van der Waals surface area contributed by atoms with Crippen LogP contribution in [-0.4, -0.2) is 98.5 Å². The number of nitrogens with one attached hydrogen (secondary N) is 4. The number of nitrogens with zero attached hydrogens (tertiary/aromatic N) is 5. The average Bonchev–Trinajstić information content (AvgIpc) is 0.927. The largest absolute Gasteiger partial charge is 0.508 e. The predicted octanol–water partition coefficient (Wildman–Crippen LogP) is 22.3. The van der Waals surface area contributed by atoms with Gasteiger partial charge in [0.05, 0.1) is 114 Å². The first-order chi connectivity index (χ1) is 55.7. The number of phenols is 1. The van der Waals surface area contributed by atoms with E-state index in [0.717, 1.165) is 38.9 Å². The molecule has 0 saturated heterocycles. The molecule has 0 spiro atoms. The molecule has 0 fully saturated rings. The van der Waals surface area contributed by atoms with Gasteiger partial charge in [0.2, 0.25) is 0 Å². The van der Waals surface area contributed by atoms with Gasteiger partial charge in [0, 0.05) is 61.1 Å². The van der Waals surface area contributed by atoms with Gasteiger partial charge in [0.1, 0.15) is 23.9 Å². The Hall–Kier alpha value is -9.45. The lowest BCUT2D eigenvalue weighted by Crippen LogP contribution is -2.30. The van der Waals surface area contributed by atoms with Gasteiger partial charge in [-0.05, 0) is 248 Å². The fourth-order valence-electron chi connectivity index (χ4n) is 11.2. The number of aryl methyl sites for hydroxylation is 5. The lowest BCUT2D eigenvalue weighted by molar-refractivity contribution is -0.130. The van der Waals surface area contributed by atoms with Crippen LogP contribution in [0.15, 0.2) is 219 Å². The number of amides is 5. The van der Waals surface area contributed by atoms with E-state index in [4.69, 9.17) is 154 Å². The number of hydrogen-bond donors (Lipinski definition) is 6. The molecule has 12 rings (SSSR count). The fraction of sp³-hybridized carbons (Fsp3) is 0.161. The number of pyridine rings is 4. The maximum absolute atomic E-state index is 13.1. The topological polar surface area (TPSA) is 247 Å². The van der Waals surface area contributed by atoms with Crippen LogP contribution in [0.4, 0.5) is 0 Å². The van der Waals surface area contributed by atoms with Gasteiger partial charge in [0.25, 0.3) is 29.5 Å². The van der Waals surface area contributed by atoms with Gasteiger partial charge in [-0.15, -0.1) is 0 Å². The van der Waals surface area contributed by atoms with Crippen molar-refractivity contribution < 1.29 is 43.7 Å². The van der Waals surface area contributed by atoms with E-state index in [1.165, 1.54) is 29.6 Å². The summed E-state index contributed by atoms with van der Waals surface area (Å²) in [6.45, 7) is 9.38. The summed E-state index contributed by atoms with van der Waals surface area (Å²) in [6.07, 6.45) is 6.09. The Kier molecular flexibility index (Phi) is 33.9. The molecule has 5 amide bonds. The second-order valence-corrected chi connectivity index (χ2v) is 31.3. The van der Waals surface area contributed by atoms with E-state index in [9.17, 15) is 29.1 Å². The Morgan fingerprint density at radius 1 is 0.342 bits per heavy atom. The van der Waals surface area contributed by atoms with Crippen molar-refractivity contribution in [2.75, 3.05) is 33.9 Å². The number of likely N-dealkylation sites (N-methyl/N-ethyl adjacent to an activating group) is 1. The first kappa shape index (κ1) is 91.4. The minimum Gasteiger partial charge on any atom is -0.508 e. The SMILES string of the molecule is Cc1cc(C(=O)N[C@@H](c2ccc(Cl)c(Cl)c2)c2ccc(Cl)cn2)ccc1O.Cc1cc(C(=O)N[C@@H](c2ccc(Cl)c(Cl)c2)c2ccc(Cl)cn2)ccc1OCC(=O)N(C)C.Cc1cc(C(=O)N[C@@H](c2ccc(Cl)c(Cl)c2)c2ccc(Cl)cn2)ccc1OCCO.Cc1ccc(C(=O)N[C@@H](c2ccc(Cl)c(Cl)c2)c2ccc(Cl)cn2)cc1C. The number of hydrogen-bond acceptors (Lipinski definition) is 13. The smallest absolute Gasteiger partial charge is 0.259 e. The van der Waals surface area contributed by atoms with E-state index in [1.807, 2.05) is 45.9 Å². The molecule has 0 radical (unpaired) electrons. The van der Waals surface area contributed by atoms with E-state index >= 15 is 0 Å². The van der Waals surface area contributed by atoms with Crippen LogP contribution >= 0.6 is 139 Å². The fourth-order valence-corrected chi connectivity index (χ4v) is 12.9. The quantitative estimate of drug-likeness (QED) is 0.0370. The molecule has 0 bridgehead atoms. The first-order valence-corrected chi connectivity index (χ1v) is 39.9. The van der Waals surface area contributed by atoms with E-state index in [1.54, 1.807) is 197 Å². The number of benzene rings is 8. The molecule has 30 heteroatoms. The number of aliphatic hydroxyl groups is 1. The van der Waals surface area contributed by atoms with Crippen LogP contribution in [0.2, 0.25) is 60.3 Å². The van der Waals surface area contributed by atoms with Gasteiger partial charge in [-0.3, -0.25) is 43.9 Å². The standard InChI is InChI=1S/C24H22Cl3N3O3.C22H19Cl3N2O3.C21H17Cl3N2O.C20H15Cl3N2O2/c1-14-10-16(5-9-21(14)33-13-22(31)30(2)3)24(32)29-23(20-8-6-17(25)12-28-20)15-4-7-18(26)19(27)11-15;1-13-10-15(3-7-20(13)30-9-8-28)22(29)27-21(19-6-4-16(23)12-26-19)14-2-5-17(24)18(25)11-14;1-12-3-4-15(9-13(12)2)21(27)26-20(19-8-6-16(22)11-25-19)14-5-7-17(23)18(24)10-14;1-11-8-13(3-7-18(11)26)20(27)25-19(17-6-4-14(21)10-24-17)12-2-5-15(22)16(23)9-12/h4-12,23H,13H2,1-3H3,(H,29,32);2-7,10-12,21,28H,8-9H2,1H3,(H,27,29);3-11,20H,1-2H3,(H,26,27);2-10,19,26H,1H3,(H,25,27)/t23-;21-;20-;19-/m0000/s1. The van der Waals surface area contributed by atoms with E-state index in [-0.39, 0.29) is 55.1 Å². The molecule has 117 heavy (non-hydrogen) atoms. The van der Waals surface area contributed by atoms with Gasteiger partial charge in [-0.1, -0.05) is 170 Å². The number of aliphatic hydroxyl groups excluding tert-OH is 1. The van der Waals surface area contributed by atoms with Gasteiger partial charge < -0.3 is 45.9 Å². The first-order valence-electron chi connectivity index (χ1n) is 35.4. The molecule has 604 valence electrons. The summed E-state index contributed by atoms with van der Waals surface area (Å²) >= 11 is 72.7. The Labute approximate surface area is 736 Å². The van der Waals surface area contributed by atoms with Crippen molar-refractivity contribution in [3.05, 3.63) is 374 Å². The molecular formula is C87H73Cl12N9O9. The molecule has 0 aliphatic heterocycles. The van der Waals surface area contributed by atoms with Gasteiger partial charge in [-0.2, -0.15) is 0 Å². The zero-order chi connectivity index (χ0) is 84.9. The summed E-state index contributed by atoms with van der Waals surface area (Å²) in [5.74, 6) is -0.00966. The van der Waals surface area contributed by atoms with E-state index < -0.39 is 24.2 Å². The summed E-state index contributed by atoms with van der Waals surface area (Å²) in [6, 6.07) is 52.6. The molecule has 0 unspecified atom stereocenters. The Bertz CT molecular complexity index is 5380. The molecular weight excluding hydrogens is 1740 g/mol. The highest BCUT2D eigenvalue weighted by Crippen LogP contribution is 2.35. The minimum absolute atomic E-state index is 0.0822. The summed E-state index contributed by atoms with van der Waals surface area (Å²) in [4.78, 5) is 82.4. The number of ether oxygens (including phenoxy) is 2. The lowest BCUT2D eigenvalue weighted by Gasteiger charge is -2.20. The van der Waals surface area contributed by atoms with Crippen molar-refractivity contribution in [1.29, 1.82) is 0 Å². The molecule has 0 aliphatic carbocycles. The van der Waals surface area contributed by atoms with Crippen molar-refractivity contribution in [3.8, 4) is 17.2 Å². The molecule has 12 aromatic rings. The maximum Gasteiger partial charge on any atom is 0.259 e. The highest BCUT2D eigenvalue weighted by Gasteiger charge is 2.26. The van der Waals surface area contributed by atoms with Crippen LogP contribution in [-0.2, 0) is 4.79 Å². The van der Waals surface area contributed by atoms with Crippen molar-refractivity contribution >= 4 is 169 Å². The number of aromatic hydroxyl groups is 1. The minimum atomic E-state index is -0.585. The Balaban J connectivity index is 0.000000179. The third-order valence-electron chi connectivity index (χ3n) is 17.7. The highest BCUT2D eigenvalue weighted by molar-refractivity contribution is 6.43. The number of carbonyl (C=O) groups excluding carboxylic acids is 5. The third-order valence-corrected chi connectivity index (χ3v) is 21.5. The number of aromatic nitrogens is 4. The molecule has 6 N–H and O–H groups in total. The monoisotopic (exact) mass is 1810 g/mol. The van der Waals surface area contributed by atoms with Crippen LogP contribution in [0.25, 0.3) is 0 Å². The number of carbonyl (C=O) groups is 5. The van der Waals surface area contributed by atoms with E-state index in [0.29, 0.717) is 128 Å². The van der Waals surface area contributed by atoms with Gasteiger partial charge in [-0.25, -0.2) is 0 Å². The number of phenolic OH excluding ortho intramolecular Hbond substituents is 1. The van der Waals surface area contributed by atoms with Gasteiger partial charge >= 0.3 is 0 Å². The van der Waals surface area contributed by atoms with Crippen molar-refractivity contribution in [2.45, 2.75) is 58.8 Å². The zero-order valence-corrected chi connectivity index (χ0v) is 72.3. The molecule has 8 aromatic carbocycles. The van der Waals surface area contributed by atoms with Crippen LogP contribution in [0.1, 0.15) is 138 Å². The average molecular weight is 1810 g/mol. The summed E-state index contributed by atoms with van der Waals surface area (Å²) < 4.78 is 11.0. The summed E-state index contributed by atoms with van der Waals surface area (Å²) in [5.41, 5.74) is 11.6. The zero-order valence-electron chi connectivity index (χ0n) is 63.2. The summed E-state index contributed by atoms with van der Waals surface area (Å²) in [5, 5.41) is 35.8. The molecule has 4 heterocycles. The van der Waals surface area contributed by atoms with Crippen LogP contribution in [0.3, 0.4) is 0 Å². The second-order valence-electron chi connectivity index (χ2n) is 26.3. The van der Waals surface area contributed by atoms with Crippen molar-refractivity contribution in [2.24, 2.45) is 0 Å². The lowest BCUT2D eigenvalue weighted by atomic mass is 10.0. The molecule has 18 nitrogen and oxygen atoms in total. The highest BCUT2D eigenvalue weighted by atomic mass is 35.5. The Morgan fingerprint density at radius 3 is 0.897 bits per heavy atom. The molecule has 0 aliphatic rings. The predicted molar refractivity (Wildman–Crippen MR) is 468 cm³/mol. The van der Waals surface area contributed by atoms with E-state index in [2.05, 4.69) is 41.2 Å². The molecule has 0 saturated carbocycles. The van der Waals surface area contributed by atoms with Gasteiger partial charge in [0.15, 0.2) is 6.61 Å². The normalized spacial score (nSPS) is 11.8. The number of halogens is 12. The third kappa shape index (κ3) is 26.0. The Morgan fingerprint density at radius 2 is 0.632 bits per heavy atom. The summed E-state index contributed by atoms with van der Waals surface area (Å²) in [7, 11) is 3.32. The number of rotatable bonds is 22. The maximum atomic E-state index is 13.1. The van der Waals surface area contributed by atoms with Crippen molar-refractivity contribution in [3.63, 3.8) is 0 Å². The second kappa shape index (κ2) is 43.3. The molecule has 4 aromatic heterocycles.